The van der Waals surface area contributed by atoms with Crippen LogP contribution < -0.4 is 11.1 Å². The molecule has 1 aliphatic heterocycles. The molecule has 0 aromatic rings. The highest BCUT2D eigenvalue weighted by molar-refractivity contribution is 14.0. The summed E-state index contributed by atoms with van der Waals surface area (Å²) in [6, 6.07) is 0. The van der Waals surface area contributed by atoms with Crippen molar-refractivity contribution in [2.45, 2.75) is 6.10 Å². The second kappa shape index (κ2) is 9.86. The summed E-state index contributed by atoms with van der Waals surface area (Å²) >= 11 is 0. The number of hydrogen-bond donors (Lipinski definition) is 2. The predicted molar refractivity (Wildman–Crippen MR) is 79.0 cm³/mol. The molecule has 0 radical (unpaired) electrons. The fourth-order valence-corrected chi connectivity index (χ4v) is 1.51. The number of hydrogen-bond acceptors (Lipinski definition) is 4. The van der Waals surface area contributed by atoms with Gasteiger partial charge in [-0.25, -0.2) is 0 Å². The zero-order valence-corrected chi connectivity index (χ0v) is 12.8. The van der Waals surface area contributed by atoms with E-state index in [2.05, 4.69) is 22.3 Å². The molecule has 7 heteroatoms. The van der Waals surface area contributed by atoms with Gasteiger partial charge >= 0.3 is 0 Å². The zero-order chi connectivity index (χ0) is 11.8. The molecule has 1 fully saturated rings. The third-order valence-electron chi connectivity index (χ3n) is 2.42. The first kappa shape index (κ1) is 16.9. The van der Waals surface area contributed by atoms with Crippen LogP contribution in [0, 0.1) is 0 Å². The van der Waals surface area contributed by atoms with E-state index in [4.69, 9.17) is 15.2 Å². The van der Waals surface area contributed by atoms with Crippen molar-refractivity contribution in [2.75, 3.05) is 53.6 Å². The second-order valence-electron chi connectivity index (χ2n) is 3.90. The maximum atomic E-state index is 5.68. The van der Waals surface area contributed by atoms with E-state index in [0.29, 0.717) is 25.7 Å². The molecule has 0 aromatic heterocycles. The van der Waals surface area contributed by atoms with Crippen LogP contribution in [0.5, 0.6) is 0 Å². The van der Waals surface area contributed by atoms with Gasteiger partial charge in [0.2, 0.25) is 0 Å². The third-order valence-corrected chi connectivity index (χ3v) is 2.42. The largest absolute Gasteiger partial charge is 0.383 e. The van der Waals surface area contributed by atoms with Crippen molar-refractivity contribution in [3.63, 3.8) is 0 Å². The molecule has 102 valence electrons. The lowest BCUT2D eigenvalue weighted by Crippen LogP contribution is -2.42. The number of likely N-dealkylation sites (N-methyl/N-ethyl adjacent to an activating group) is 1. The lowest BCUT2D eigenvalue weighted by atomic mass is 10.3. The van der Waals surface area contributed by atoms with E-state index in [-0.39, 0.29) is 30.1 Å². The Kier molecular flexibility index (Phi) is 9.79. The minimum atomic E-state index is 0. The van der Waals surface area contributed by atoms with Crippen LogP contribution in [-0.2, 0) is 9.47 Å². The summed E-state index contributed by atoms with van der Waals surface area (Å²) < 4.78 is 10.5. The minimum Gasteiger partial charge on any atom is -0.383 e. The van der Waals surface area contributed by atoms with Gasteiger partial charge < -0.3 is 25.4 Å². The number of nitrogens with two attached hydrogens (primary N) is 1. The van der Waals surface area contributed by atoms with Gasteiger partial charge in [0.1, 0.15) is 0 Å². The van der Waals surface area contributed by atoms with E-state index < -0.39 is 0 Å². The van der Waals surface area contributed by atoms with Crippen molar-refractivity contribution in [1.29, 1.82) is 0 Å². The molecular formula is C10H23IN4O2. The Hall–Kier alpha value is -0.120. The first-order valence-corrected chi connectivity index (χ1v) is 5.55. The van der Waals surface area contributed by atoms with Gasteiger partial charge in [0.05, 0.1) is 25.9 Å². The number of nitrogens with zero attached hydrogens (tertiary/aromatic N) is 2. The normalized spacial score (nSPS) is 22.0. The number of nitrogens with one attached hydrogen (secondary N) is 1. The molecule has 0 spiro atoms. The summed E-state index contributed by atoms with van der Waals surface area (Å²) in [5.41, 5.74) is 5.68. The Labute approximate surface area is 120 Å². The summed E-state index contributed by atoms with van der Waals surface area (Å²) in [7, 11) is 3.74. The molecule has 1 atom stereocenters. The average molecular weight is 358 g/mol. The highest BCUT2D eigenvalue weighted by atomic mass is 127. The Balaban J connectivity index is 0.00000256. The van der Waals surface area contributed by atoms with E-state index in [1.807, 2.05) is 0 Å². The van der Waals surface area contributed by atoms with Gasteiger partial charge in [0, 0.05) is 26.7 Å². The van der Waals surface area contributed by atoms with Gasteiger partial charge in [-0.3, -0.25) is 4.99 Å². The molecular weight excluding hydrogens is 335 g/mol. The molecule has 3 N–H and O–H groups in total. The average Bonchev–Trinajstić information content (AvgIpc) is 2.27. The second-order valence-corrected chi connectivity index (χ2v) is 3.90. The Morgan fingerprint density at radius 2 is 2.41 bits per heavy atom. The Morgan fingerprint density at radius 1 is 1.65 bits per heavy atom. The van der Waals surface area contributed by atoms with Gasteiger partial charge in [-0.2, -0.15) is 0 Å². The molecule has 0 saturated carbocycles. The first-order valence-electron chi connectivity index (χ1n) is 5.55. The molecule has 0 aliphatic carbocycles. The summed E-state index contributed by atoms with van der Waals surface area (Å²) in [6.45, 7) is 4.58. The predicted octanol–water partition coefficient (Wildman–Crippen LogP) is -0.514. The molecule has 0 amide bonds. The minimum absolute atomic E-state index is 0. The SMILES string of the molecule is COCCNC(N)=NCC1CN(C)CCO1.I. The molecule has 0 bridgehead atoms. The van der Waals surface area contributed by atoms with Gasteiger partial charge in [0.15, 0.2) is 5.96 Å². The molecule has 0 aromatic carbocycles. The van der Waals surface area contributed by atoms with Crippen LogP contribution in [0.2, 0.25) is 0 Å². The van der Waals surface area contributed by atoms with E-state index >= 15 is 0 Å². The summed E-state index contributed by atoms with van der Waals surface area (Å²) in [6.07, 6.45) is 0.154. The van der Waals surface area contributed by atoms with Crippen molar-refractivity contribution in [3.8, 4) is 0 Å². The number of morpholine rings is 1. The third kappa shape index (κ3) is 7.74. The van der Waals surface area contributed by atoms with Crippen molar-refractivity contribution in [3.05, 3.63) is 0 Å². The number of halogens is 1. The molecule has 6 nitrogen and oxygen atoms in total. The number of guanidine groups is 1. The highest BCUT2D eigenvalue weighted by Gasteiger charge is 2.16. The molecule has 1 saturated heterocycles. The molecule has 1 unspecified atom stereocenters. The fourth-order valence-electron chi connectivity index (χ4n) is 1.51. The summed E-state index contributed by atoms with van der Waals surface area (Å²) in [5.74, 6) is 0.453. The van der Waals surface area contributed by atoms with Gasteiger partial charge in [-0.1, -0.05) is 0 Å². The van der Waals surface area contributed by atoms with Crippen LogP contribution in [-0.4, -0.2) is 70.5 Å². The fraction of sp³-hybridized carbons (Fsp3) is 0.900. The standard InChI is InChI=1S/C10H22N4O2.HI/c1-14-4-6-16-9(8-14)7-13-10(11)12-3-5-15-2;/h9H,3-8H2,1-2H3,(H3,11,12,13);1H. The van der Waals surface area contributed by atoms with Crippen LogP contribution in [0.4, 0.5) is 0 Å². The van der Waals surface area contributed by atoms with Crippen molar-refractivity contribution in [2.24, 2.45) is 10.7 Å². The lowest BCUT2D eigenvalue weighted by Gasteiger charge is -2.29. The molecule has 1 aliphatic rings. The molecule has 1 rings (SSSR count). The van der Waals surface area contributed by atoms with Crippen LogP contribution in [0.25, 0.3) is 0 Å². The van der Waals surface area contributed by atoms with Crippen LogP contribution in [0.3, 0.4) is 0 Å². The van der Waals surface area contributed by atoms with E-state index in [1.165, 1.54) is 0 Å². The zero-order valence-electron chi connectivity index (χ0n) is 10.5. The molecule has 17 heavy (non-hydrogen) atoms. The smallest absolute Gasteiger partial charge is 0.188 e. The van der Waals surface area contributed by atoms with Crippen molar-refractivity contribution < 1.29 is 9.47 Å². The first-order chi connectivity index (χ1) is 7.72. The Morgan fingerprint density at radius 3 is 3.06 bits per heavy atom. The number of rotatable bonds is 5. The number of ether oxygens (including phenoxy) is 2. The van der Waals surface area contributed by atoms with Crippen LogP contribution >= 0.6 is 24.0 Å². The summed E-state index contributed by atoms with van der Waals surface area (Å²) in [5, 5.41) is 2.97. The van der Waals surface area contributed by atoms with E-state index in [1.54, 1.807) is 7.11 Å². The van der Waals surface area contributed by atoms with Gasteiger partial charge in [-0.05, 0) is 7.05 Å². The number of methoxy groups -OCH3 is 1. The quantitative estimate of drug-likeness (QED) is 0.300. The van der Waals surface area contributed by atoms with Gasteiger partial charge in [-0.15, -0.1) is 24.0 Å². The van der Waals surface area contributed by atoms with E-state index in [0.717, 1.165) is 19.7 Å². The maximum absolute atomic E-state index is 5.68. The van der Waals surface area contributed by atoms with Crippen LogP contribution in [0.1, 0.15) is 0 Å². The lowest BCUT2D eigenvalue weighted by molar-refractivity contribution is -0.0136. The van der Waals surface area contributed by atoms with Crippen LogP contribution in [0.15, 0.2) is 4.99 Å². The summed E-state index contributed by atoms with van der Waals surface area (Å²) in [4.78, 5) is 6.46. The van der Waals surface area contributed by atoms with Crippen molar-refractivity contribution in [1.82, 2.24) is 10.2 Å². The maximum Gasteiger partial charge on any atom is 0.188 e. The highest BCUT2D eigenvalue weighted by Crippen LogP contribution is 2.02. The monoisotopic (exact) mass is 358 g/mol. The van der Waals surface area contributed by atoms with Gasteiger partial charge in [0.25, 0.3) is 0 Å². The molecule has 1 heterocycles. The number of aliphatic imine (C=N–C) groups is 1. The van der Waals surface area contributed by atoms with Crippen molar-refractivity contribution >= 4 is 29.9 Å². The van der Waals surface area contributed by atoms with E-state index in [9.17, 15) is 0 Å². The topological polar surface area (TPSA) is 72.1 Å². The Bertz CT molecular complexity index is 228.